The van der Waals surface area contributed by atoms with Crippen LogP contribution >= 0.6 is 0 Å². The summed E-state index contributed by atoms with van der Waals surface area (Å²) in [4.78, 5) is 11.1. The van der Waals surface area contributed by atoms with Gasteiger partial charge in [0.05, 0.1) is 12.6 Å². The minimum Gasteiger partial charge on any atom is -0.508 e. The Balaban J connectivity index is 1.44. The monoisotopic (exact) mass is 396 g/mol. The molecule has 8 nitrogen and oxygen atoms in total. The number of rotatable bonds is 8. The predicted molar refractivity (Wildman–Crippen MR) is 105 cm³/mol. The minimum atomic E-state index is 0.0421. The topological polar surface area (TPSA) is 93.7 Å². The fourth-order valence-corrected chi connectivity index (χ4v) is 3.47. The van der Waals surface area contributed by atoms with Gasteiger partial charge in [0.2, 0.25) is 17.6 Å². The molecule has 29 heavy (non-hydrogen) atoms. The van der Waals surface area contributed by atoms with Crippen LogP contribution in [0.3, 0.4) is 0 Å². The Kier molecular flexibility index (Phi) is 6.02. The third kappa shape index (κ3) is 4.55. The second-order valence-electron chi connectivity index (χ2n) is 6.94. The molecule has 0 unspecified atom stereocenters. The van der Waals surface area contributed by atoms with Crippen molar-refractivity contribution >= 4 is 0 Å². The van der Waals surface area contributed by atoms with E-state index in [2.05, 4.69) is 20.0 Å². The van der Waals surface area contributed by atoms with Gasteiger partial charge >= 0.3 is 0 Å². The van der Waals surface area contributed by atoms with Gasteiger partial charge in [-0.3, -0.25) is 4.90 Å². The number of ether oxygens (including phenoxy) is 2. The summed E-state index contributed by atoms with van der Waals surface area (Å²) >= 11 is 0. The van der Waals surface area contributed by atoms with E-state index in [4.69, 9.17) is 14.0 Å². The van der Waals surface area contributed by atoms with E-state index in [1.807, 2.05) is 24.3 Å². The molecule has 0 amide bonds. The highest BCUT2D eigenvalue weighted by molar-refractivity contribution is 5.53. The van der Waals surface area contributed by atoms with Crippen LogP contribution in [0.25, 0.3) is 11.4 Å². The summed E-state index contributed by atoms with van der Waals surface area (Å²) in [6, 6.07) is 11.1. The van der Waals surface area contributed by atoms with Crippen LogP contribution in [-0.4, -0.2) is 52.0 Å². The molecule has 1 fully saturated rings. The predicted octanol–water partition coefficient (Wildman–Crippen LogP) is 3.20. The van der Waals surface area contributed by atoms with Crippen molar-refractivity contribution in [3.63, 3.8) is 0 Å². The molecule has 0 radical (unpaired) electrons. The molecule has 1 atom stereocenters. The lowest BCUT2D eigenvalue weighted by atomic mass is 10.1. The Morgan fingerprint density at radius 1 is 1.21 bits per heavy atom. The summed E-state index contributed by atoms with van der Waals surface area (Å²) in [5.41, 5.74) is 1.66. The van der Waals surface area contributed by atoms with Crippen LogP contribution in [0, 0.1) is 0 Å². The molecule has 2 aromatic heterocycles. The van der Waals surface area contributed by atoms with Crippen molar-refractivity contribution in [2.75, 3.05) is 26.9 Å². The summed E-state index contributed by atoms with van der Waals surface area (Å²) in [6.07, 6.45) is 3.66. The molecule has 4 rings (SSSR count). The molecule has 0 saturated carbocycles. The molecule has 1 aromatic carbocycles. The Morgan fingerprint density at radius 2 is 2.10 bits per heavy atom. The average molecular weight is 396 g/mol. The molecular weight excluding hydrogens is 372 g/mol. The molecule has 152 valence electrons. The van der Waals surface area contributed by atoms with Gasteiger partial charge < -0.3 is 19.1 Å². The van der Waals surface area contributed by atoms with Gasteiger partial charge in [-0.1, -0.05) is 23.4 Å². The van der Waals surface area contributed by atoms with Gasteiger partial charge in [-0.05, 0) is 31.5 Å². The van der Waals surface area contributed by atoms with Crippen molar-refractivity contribution < 1.29 is 19.1 Å². The number of para-hydroxylation sites is 1. The number of methoxy groups -OCH3 is 1. The lowest BCUT2D eigenvalue weighted by molar-refractivity contribution is 0.144. The number of likely N-dealkylation sites (tertiary alicyclic amines) is 1. The number of hydrogen-bond donors (Lipinski definition) is 1. The van der Waals surface area contributed by atoms with Crippen LogP contribution in [0.1, 0.15) is 30.3 Å². The first-order chi connectivity index (χ1) is 14.2. The summed E-state index contributed by atoms with van der Waals surface area (Å²) < 4.78 is 16.0. The minimum absolute atomic E-state index is 0.0421. The first kappa shape index (κ1) is 19.4. The van der Waals surface area contributed by atoms with Crippen molar-refractivity contribution in [3.05, 3.63) is 54.0 Å². The summed E-state index contributed by atoms with van der Waals surface area (Å²) in [6.45, 7) is 2.52. The molecule has 1 aliphatic heterocycles. The van der Waals surface area contributed by atoms with Crippen LogP contribution in [0.2, 0.25) is 0 Å². The molecule has 3 aromatic rings. The van der Waals surface area contributed by atoms with Gasteiger partial charge in [0.25, 0.3) is 0 Å². The molecule has 1 N–H and O–H groups in total. The second kappa shape index (κ2) is 9.02. The molecular formula is C21H24N4O4. The average Bonchev–Trinajstić information content (AvgIpc) is 3.40. The van der Waals surface area contributed by atoms with Gasteiger partial charge in [0, 0.05) is 37.0 Å². The molecule has 1 aliphatic rings. The molecule has 3 heterocycles. The number of phenols is 1. The SMILES string of the molecule is COCCOc1ccc(-c2noc([C@H]3CCCN3Cc3ccccc3O)n2)cn1. The largest absolute Gasteiger partial charge is 0.508 e. The van der Waals surface area contributed by atoms with Crippen molar-refractivity contribution in [1.29, 1.82) is 0 Å². The number of phenolic OH excluding ortho intramolecular Hbond substituents is 1. The maximum atomic E-state index is 10.1. The van der Waals surface area contributed by atoms with Gasteiger partial charge in [-0.2, -0.15) is 4.98 Å². The molecule has 1 saturated heterocycles. The number of hydrogen-bond acceptors (Lipinski definition) is 8. The van der Waals surface area contributed by atoms with E-state index in [0.29, 0.717) is 43.1 Å². The van der Waals surface area contributed by atoms with E-state index in [9.17, 15) is 5.11 Å². The Morgan fingerprint density at radius 3 is 2.90 bits per heavy atom. The van der Waals surface area contributed by atoms with E-state index >= 15 is 0 Å². The Labute approximate surface area is 169 Å². The number of aromatic nitrogens is 3. The van der Waals surface area contributed by atoms with Crippen molar-refractivity contribution in [1.82, 2.24) is 20.0 Å². The van der Waals surface area contributed by atoms with Crippen LogP contribution in [0.15, 0.2) is 47.1 Å². The number of benzene rings is 1. The molecule has 0 spiro atoms. The first-order valence-corrected chi connectivity index (χ1v) is 9.67. The normalized spacial score (nSPS) is 16.9. The van der Waals surface area contributed by atoms with Gasteiger partial charge in [0.1, 0.15) is 12.4 Å². The second-order valence-corrected chi connectivity index (χ2v) is 6.94. The standard InChI is InChI=1S/C21H24N4O4/c1-27-11-12-28-19-9-8-15(13-22-19)20-23-21(29-24-20)17-6-4-10-25(17)14-16-5-2-3-7-18(16)26/h2-3,5,7-9,13,17,26H,4,6,10-12,14H2,1H3/t17-/m1/s1. The highest BCUT2D eigenvalue weighted by atomic mass is 16.5. The smallest absolute Gasteiger partial charge is 0.244 e. The summed E-state index contributed by atoms with van der Waals surface area (Å²) in [5, 5.41) is 14.2. The zero-order valence-electron chi connectivity index (χ0n) is 16.3. The van der Waals surface area contributed by atoms with Crippen molar-refractivity contribution in [2.45, 2.75) is 25.4 Å². The lowest BCUT2D eigenvalue weighted by Crippen LogP contribution is -2.23. The zero-order chi connectivity index (χ0) is 20.1. The van der Waals surface area contributed by atoms with Crippen LogP contribution in [0.5, 0.6) is 11.6 Å². The summed E-state index contributed by atoms with van der Waals surface area (Å²) in [7, 11) is 1.63. The van der Waals surface area contributed by atoms with E-state index < -0.39 is 0 Å². The van der Waals surface area contributed by atoms with Gasteiger partial charge in [-0.15, -0.1) is 0 Å². The van der Waals surface area contributed by atoms with Crippen molar-refractivity contribution in [3.8, 4) is 23.0 Å². The maximum absolute atomic E-state index is 10.1. The Bertz CT molecular complexity index is 928. The van der Waals surface area contributed by atoms with Crippen LogP contribution in [0.4, 0.5) is 0 Å². The Hall–Kier alpha value is -2.97. The molecule has 0 bridgehead atoms. The summed E-state index contributed by atoms with van der Waals surface area (Å²) in [5.74, 6) is 1.93. The third-order valence-electron chi connectivity index (χ3n) is 4.99. The lowest BCUT2D eigenvalue weighted by Gasteiger charge is -2.21. The fraction of sp³-hybridized carbons (Fsp3) is 0.381. The van der Waals surface area contributed by atoms with Gasteiger partial charge in [-0.25, -0.2) is 4.98 Å². The number of nitrogens with zero attached hydrogens (tertiary/aromatic N) is 4. The molecule has 0 aliphatic carbocycles. The van der Waals surface area contributed by atoms with E-state index in [0.717, 1.165) is 30.5 Å². The van der Waals surface area contributed by atoms with Gasteiger partial charge in [0.15, 0.2) is 0 Å². The quantitative estimate of drug-likeness (QED) is 0.580. The van der Waals surface area contributed by atoms with Crippen LogP contribution < -0.4 is 4.74 Å². The number of aromatic hydroxyl groups is 1. The van der Waals surface area contributed by atoms with E-state index in [1.165, 1.54) is 0 Å². The fourth-order valence-electron chi connectivity index (χ4n) is 3.47. The highest BCUT2D eigenvalue weighted by Gasteiger charge is 2.31. The van der Waals surface area contributed by atoms with E-state index in [1.54, 1.807) is 25.4 Å². The first-order valence-electron chi connectivity index (χ1n) is 9.67. The third-order valence-corrected chi connectivity index (χ3v) is 4.99. The van der Waals surface area contributed by atoms with E-state index in [-0.39, 0.29) is 6.04 Å². The maximum Gasteiger partial charge on any atom is 0.244 e. The van der Waals surface area contributed by atoms with Crippen LogP contribution in [-0.2, 0) is 11.3 Å². The number of pyridine rings is 1. The zero-order valence-corrected chi connectivity index (χ0v) is 16.3. The van der Waals surface area contributed by atoms with Crippen molar-refractivity contribution in [2.24, 2.45) is 0 Å². The molecule has 8 heteroatoms. The highest BCUT2D eigenvalue weighted by Crippen LogP contribution is 2.34.